The van der Waals surface area contributed by atoms with Crippen LogP contribution in [0.2, 0.25) is 0 Å². The highest BCUT2D eigenvalue weighted by molar-refractivity contribution is 5.79. The molecule has 0 aromatic carbocycles. The number of amides is 1. The van der Waals surface area contributed by atoms with Gasteiger partial charge in [-0.2, -0.15) is 5.26 Å². The summed E-state index contributed by atoms with van der Waals surface area (Å²) in [7, 11) is 0. The largest absolute Gasteiger partial charge is 0.337 e. The Kier molecular flexibility index (Phi) is 4.46. The molecule has 0 aromatic rings. The molecule has 4 heteroatoms. The monoisotopic (exact) mass is 263 g/mol. The second-order valence-corrected chi connectivity index (χ2v) is 6.16. The first-order valence-electron chi connectivity index (χ1n) is 7.55. The van der Waals surface area contributed by atoms with Gasteiger partial charge in [0, 0.05) is 6.04 Å². The molecule has 0 radical (unpaired) electrons. The third-order valence-corrected chi connectivity index (χ3v) is 4.59. The van der Waals surface area contributed by atoms with Crippen molar-refractivity contribution in [1.29, 1.82) is 5.26 Å². The van der Waals surface area contributed by atoms with Gasteiger partial charge < -0.3 is 5.32 Å². The number of likely N-dealkylation sites (tertiary alicyclic amines) is 1. The maximum atomic E-state index is 12.2. The van der Waals surface area contributed by atoms with Crippen molar-refractivity contribution in [2.24, 2.45) is 5.92 Å². The zero-order valence-electron chi connectivity index (χ0n) is 12.1. The van der Waals surface area contributed by atoms with Crippen LogP contribution in [0.15, 0.2) is 0 Å². The van der Waals surface area contributed by atoms with E-state index in [1.165, 1.54) is 19.3 Å². The summed E-state index contributed by atoms with van der Waals surface area (Å²) >= 11 is 0. The highest BCUT2D eigenvalue weighted by atomic mass is 16.2. The van der Waals surface area contributed by atoms with Crippen LogP contribution in [-0.4, -0.2) is 35.5 Å². The van der Waals surface area contributed by atoms with Crippen LogP contribution in [0.5, 0.6) is 0 Å². The fraction of sp³-hybridized carbons (Fsp3) is 0.867. The molecule has 0 unspecified atom stereocenters. The third-order valence-electron chi connectivity index (χ3n) is 4.59. The van der Waals surface area contributed by atoms with Gasteiger partial charge in [0.15, 0.2) is 0 Å². The first kappa shape index (κ1) is 14.3. The number of hydrogen-bond acceptors (Lipinski definition) is 3. The van der Waals surface area contributed by atoms with Gasteiger partial charge >= 0.3 is 0 Å². The third kappa shape index (κ3) is 3.48. The predicted molar refractivity (Wildman–Crippen MR) is 74.4 cm³/mol. The Morgan fingerprint density at radius 3 is 2.74 bits per heavy atom. The second-order valence-electron chi connectivity index (χ2n) is 6.16. The molecule has 1 saturated carbocycles. The van der Waals surface area contributed by atoms with E-state index >= 15 is 0 Å². The maximum absolute atomic E-state index is 12.2. The Morgan fingerprint density at radius 2 is 2.16 bits per heavy atom. The number of carbonyl (C=O) groups excluding carboxylic acids is 1. The summed E-state index contributed by atoms with van der Waals surface area (Å²) in [5, 5.41) is 12.2. The number of rotatable bonds is 5. The minimum absolute atomic E-state index is 0.0105. The van der Waals surface area contributed by atoms with Gasteiger partial charge in [-0.25, -0.2) is 0 Å². The molecule has 4 nitrogen and oxygen atoms in total. The molecule has 0 aromatic heterocycles. The zero-order chi connectivity index (χ0) is 13.9. The smallest absolute Gasteiger partial charge is 0.235 e. The summed E-state index contributed by atoms with van der Waals surface area (Å²) in [6, 6.07) is 2.82. The van der Waals surface area contributed by atoms with Gasteiger partial charge in [-0.3, -0.25) is 9.69 Å². The summed E-state index contributed by atoms with van der Waals surface area (Å²) < 4.78 is 0. The molecule has 2 rings (SSSR count). The summed E-state index contributed by atoms with van der Waals surface area (Å²) in [5.41, 5.74) is -0.658. The van der Waals surface area contributed by atoms with E-state index in [1.54, 1.807) is 0 Å². The van der Waals surface area contributed by atoms with Crippen LogP contribution in [0.1, 0.15) is 52.4 Å². The Hall–Kier alpha value is -1.08. The van der Waals surface area contributed by atoms with E-state index < -0.39 is 5.54 Å². The Bertz CT molecular complexity index is 372. The first-order valence-corrected chi connectivity index (χ1v) is 7.55. The van der Waals surface area contributed by atoms with Gasteiger partial charge in [0.1, 0.15) is 5.54 Å². The number of nitrogens with zero attached hydrogens (tertiary/aromatic N) is 2. The molecule has 1 aliphatic carbocycles. The lowest BCUT2D eigenvalue weighted by atomic mass is 9.97. The fourth-order valence-corrected chi connectivity index (χ4v) is 3.13. The van der Waals surface area contributed by atoms with E-state index in [1.807, 2.05) is 6.92 Å². The predicted octanol–water partition coefficient (Wildman–Crippen LogP) is 2.06. The number of nitrogens with one attached hydrogen (secondary N) is 1. The van der Waals surface area contributed by atoms with E-state index in [2.05, 4.69) is 23.2 Å². The van der Waals surface area contributed by atoms with Crippen LogP contribution in [-0.2, 0) is 4.79 Å². The van der Waals surface area contributed by atoms with Gasteiger partial charge in [0.05, 0.1) is 12.6 Å². The lowest BCUT2D eigenvalue weighted by Gasteiger charge is -2.35. The van der Waals surface area contributed by atoms with Crippen LogP contribution >= 0.6 is 0 Å². The van der Waals surface area contributed by atoms with Crippen molar-refractivity contribution in [3.63, 3.8) is 0 Å². The number of nitriles is 1. The maximum Gasteiger partial charge on any atom is 0.235 e. The molecule has 0 spiro atoms. The Labute approximate surface area is 116 Å². The molecule has 2 aliphatic rings. The summed E-state index contributed by atoms with van der Waals surface area (Å²) in [5.74, 6) is 0.362. The molecule has 2 fully saturated rings. The lowest BCUT2D eigenvalue weighted by molar-refractivity contribution is -0.124. The SMILES string of the molecule is CC[C@@H]1CCCCN1CC(=O)N[C@](C)(C#N)C1CC1. The van der Waals surface area contributed by atoms with Gasteiger partial charge in [0.2, 0.25) is 5.91 Å². The molecular weight excluding hydrogens is 238 g/mol. The van der Waals surface area contributed by atoms with Crippen molar-refractivity contribution >= 4 is 5.91 Å². The van der Waals surface area contributed by atoms with Crippen LogP contribution in [0, 0.1) is 17.2 Å². The molecule has 1 N–H and O–H groups in total. The lowest BCUT2D eigenvalue weighted by Crippen LogP contribution is -2.52. The van der Waals surface area contributed by atoms with Crippen LogP contribution < -0.4 is 5.32 Å². The molecule has 2 atom stereocenters. The van der Waals surface area contributed by atoms with Gasteiger partial charge in [-0.05, 0) is 51.5 Å². The zero-order valence-corrected chi connectivity index (χ0v) is 12.1. The number of carbonyl (C=O) groups is 1. The topological polar surface area (TPSA) is 56.1 Å². The van der Waals surface area contributed by atoms with Crippen molar-refractivity contribution in [1.82, 2.24) is 10.2 Å². The molecule has 0 bridgehead atoms. The second kappa shape index (κ2) is 5.92. The average Bonchev–Trinajstić information content (AvgIpc) is 3.23. The molecule has 1 heterocycles. The summed E-state index contributed by atoms with van der Waals surface area (Å²) in [6.45, 7) is 5.50. The van der Waals surface area contributed by atoms with Gasteiger partial charge in [0.25, 0.3) is 0 Å². The quantitative estimate of drug-likeness (QED) is 0.826. The molecule has 1 aliphatic heterocycles. The summed E-state index contributed by atoms with van der Waals surface area (Å²) in [4.78, 5) is 14.5. The Morgan fingerprint density at radius 1 is 1.42 bits per heavy atom. The summed E-state index contributed by atoms with van der Waals surface area (Å²) in [6.07, 6.45) is 6.88. The van der Waals surface area contributed by atoms with E-state index in [9.17, 15) is 10.1 Å². The van der Waals surface area contributed by atoms with E-state index in [-0.39, 0.29) is 5.91 Å². The molecule has 106 valence electrons. The molecular formula is C15H25N3O. The van der Waals surface area contributed by atoms with Gasteiger partial charge in [-0.15, -0.1) is 0 Å². The normalized spacial score (nSPS) is 27.3. The van der Waals surface area contributed by atoms with Crippen molar-refractivity contribution < 1.29 is 4.79 Å². The van der Waals surface area contributed by atoms with Crippen LogP contribution in [0.3, 0.4) is 0 Å². The van der Waals surface area contributed by atoms with Crippen LogP contribution in [0.25, 0.3) is 0 Å². The highest BCUT2D eigenvalue weighted by Gasteiger charge is 2.43. The highest BCUT2D eigenvalue weighted by Crippen LogP contribution is 2.39. The van der Waals surface area contributed by atoms with E-state index in [0.29, 0.717) is 18.5 Å². The number of hydrogen-bond donors (Lipinski definition) is 1. The minimum atomic E-state index is -0.658. The van der Waals surface area contributed by atoms with Crippen molar-refractivity contribution in [2.75, 3.05) is 13.1 Å². The number of piperidine rings is 1. The molecule has 19 heavy (non-hydrogen) atoms. The van der Waals surface area contributed by atoms with E-state index in [0.717, 1.165) is 25.8 Å². The first-order chi connectivity index (χ1) is 9.09. The van der Waals surface area contributed by atoms with Crippen LogP contribution in [0.4, 0.5) is 0 Å². The van der Waals surface area contributed by atoms with Crippen molar-refractivity contribution in [3.05, 3.63) is 0 Å². The minimum Gasteiger partial charge on any atom is -0.337 e. The van der Waals surface area contributed by atoms with Crippen molar-refractivity contribution in [2.45, 2.75) is 64.0 Å². The average molecular weight is 263 g/mol. The van der Waals surface area contributed by atoms with E-state index in [4.69, 9.17) is 0 Å². The molecule has 1 amide bonds. The van der Waals surface area contributed by atoms with Gasteiger partial charge in [-0.1, -0.05) is 13.3 Å². The standard InChI is InChI=1S/C15H25N3O/c1-3-13-6-4-5-9-18(13)10-14(19)17-15(2,11-16)12-7-8-12/h12-13H,3-10H2,1-2H3,(H,17,19)/t13-,15-/m1/s1. The Balaban J connectivity index is 1.88. The van der Waals surface area contributed by atoms with Crippen molar-refractivity contribution in [3.8, 4) is 6.07 Å². The molecule has 1 saturated heterocycles. The fourth-order valence-electron chi connectivity index (χ4n) is 3.13.